The van der Waals surface area contributed by atoms with Gasteiger partial charge in [0.1, 0.15) is 5.60 Å². The van der Waals surface area contributed by atoms with Crippen molar-refractivity contribution in [3.63, 3.8) is 0 Å². The zero-order valence-electron chi connectivity index (χ0n) is 19.0. The maximum atomic E-state index is 11.6. The van der Waals surface area contributed by atoms with Crippen molar-refractivity contribution in [1.29, 1.82) is 0 Å². The van der Waals surface area contributed by atoms with Gasteiger partial charge in [-0.15, -0.1) is 0 Å². The zero-order chi connectivity index (χ0) is 21.8. The first-order chi connectivity index (χ1) is 14.1. The highest BCUT2D eigenvalue weighted by Gasteiger charge is 2.39. The van der Waals surface area contributed by atoms with Gasteiger partial charge in [0.25, 0.3) is 0 Å². The van der Waals surface area contributed by atoms with Gasteiger partial charge in [0, 0.05) is 13.0 Å². The van der Waals surface area contributed by atoms with Gasteiger partial charge in [-0.2, -0.15) is 4.98 Å². The molecule has 3 N–H and O–H groups in total. The first-order valence-electron chi connectivity index (χ1n) is 11.4. The second kappa shape index (κ2) is 9.50. The number of ether oxygens (including phenoxy) is 1. The van der Waals surface area contributed by atoms with Gasteiger partial charge in [0.05, 0.1) is 6.04 Å². The van der Waals surface area contributed by atoms with Crippen molar-refractivity contribution in [1.82, 2.24) is 15.5 Å². The molecule has 3 atom stereocenters. The van der Waals surface area contributed by atoms with E-state index in [1.807, 2.05) is 20.8 Å². The molecule has 0 spiro atoms. The van der Waals surface area contributed by atoms with Crippen molar-refractivity contribution < 1.29 is 14.1 Å². The molecule has 2 aliphatic carbocycles. The number of hydrogen-bond donors (Lipinski definition) is 2. The number of carbonyl (C=O) groups is 1. The lowest BCUT2D eigenvalue weighted by atomic mass is 9.62. The van der Waals surface area contributed by atoms with Crippen LogP contribution in [0.4, 0.5) is 4.79 Å². The molecule has 1 heterocycles. The number of unbranched alkanes of at least 4 members (excludes halogenated alkanes) is 1. The molecule has 0 saturated heterocycles. The minimum Gasteiger partial charge on any atom is -0.444 e. The van der Waals surface area contributed by atoms with Crippen LogP contribution in [0.5, 0.6) is 0 Å². The number of rotatable bonds is 8. The topological polar surface area (TPSA) is 103 Å². The van der Waals surface area contributed by atoms with Crippen LogP contribution >= 0.6 is 0 Å². The molecule has 1 fully saturated rings. The van der Waals surface area contributed by atoms with E-state index in [1.165, 1.54) is 32.1 Å². The minimum atomic E-state index is -0.479. The van der Waals surface area contributed by atoms with Crippen molar-refractivity contribution in [3.05, 3.63) is 23.4 Å². The summed E-state index contributed by atoms with van der Waals surface area (Å²) in [5, 5.41) is 7.01. The van der Waals surface area contributed by atoms with Crippen molar-refractivity contribution in [2.45, 2.75) is 97.1 Å². The molecule has 7 nitrogen and oxygen atoms in total. The number of fused-ring (bicyclic) bond motifs is 2. The Morgan fingerprint density at radius 2 is 2.23 bits per heavy atom. The second-order valence-electron chi connectivity index (χ2n) is 10.3. The van der Waals surface area contributed by atoms with Gasteiger partial charge < -0.3 is 20.3 Å². The van der Waals surface area contributed by atoms with Gasteiger partial charge >= 0.3 is 6.09 Å². The molecule has 0 radical (unpaired) electrons. The molecule has 0 aliphatic heterocycles. The Balaban J connectivity index is 1.41. The number of nitrogens with zero attached hydrogens (tertiary/aromatic N) is 2. The maximum absolute atomic E-state index is 11.6. The third kappa shape index (κ3) is 6.56. The van der Waals surface area contributed by atoms with E-state index in [1.54, 1.807) is 5.57 Å². The van der Waals surface area contributed by atoms with E-state index in [0.717, 1.165) is 31.5 Å². The Morgan fingerprint density at radius 3 is 3.00 bits per heavy atom. The number of nitrogens with two attached hydrogens (primary N) is 1. The van der Waals surface area contributed by atoms with Crippen LogP contribution in [0, 0.1) is 11.3 Å². The zero-order valence-corrected chi connectivity index (χ0v) is 19.0. The average molecular weight is 419 g/mol. The van der Waals surface area contributed by atoms with Crippen molar-refractivity contribution >= 4 is 6.09 Å². The largest absolute Gasteiger partial charge is 0.444 e. The summed E-state index contributed by atoms with van der Waals surface area (Å²) in [6.07, 6.45) is 11.5. The van der Waals surface area contributed by atoms with E-state index in [4.69, 9.17) is 15.0 Å². The summed E-state index contributed by atoms with van der Waals surface area (Å²) in [5.74, 6) is 1.95. The molecule has 2 bridgehead atoms. The fourth-order valence-corrected chi connectivity index (χ4v) is 4.98. The number of nitrogens with one attached hydrogen (secondary N) is 1. The minimum absolute atomic E-state index is 0.266. The first-order valence-corrected chi connectivity index (χ1v) is 11.4. The van der Waals surface area contributed by atoms with Crippen molar-refractivity contribution in [3.8, 4) is 0 Å². The lowest BCUT2D eigenvalue weighted by Gasteiger charge is -2.43. The number of allylic oxidation sites excluding steroid dienone is 2. The SMILES string of the molecule is CC1C=C2CCCC(Cc3noc([C@@H](N)CCCCNC(=O)OC(C)(C)C)n3)(C2)C1. The number of amides is 1. The predicted molar refractivity (Wildman–Crippen MR) is 116 cm³/mol. The number of carbonyl (C=O) groups excluding carboxylic acids is 1. The monoisotopic (exact) mass is 418 g/mol. The van der Waals surface area contributed by atoms with E-state index in [2.05, 4.69) is 28.5 Å². The molecule has 30 heavy (non-hydrogen) atoms. The summed E-state index contributed by atoms with van der Waals surface area (Å²) < 4.78 is 10.7. The van der Waals surface area contributed by atoms with Crippen LogP contribution in [0.1, 0.15) is 96.8 Å². The van der Waals surface area contributed by atoms with Gasteiger partial charge in [-0.1, -0.05) is 23.7 Å². The molecule has 168 valence electrons. The predicted octanol–water partition coefficient (Wildman–Crippen LogP) is 4.83. The lowest BCUT2D eigenvalue weighted by Crippen LogP contribution is -2.33. The maximum Gasteiger partial charge on any atom is 0.407 e. The summed E-state index contributed by atoms with van der Waals surface area (Å²) in [6.45, 7) is 8.43. The van der Waals surface area contributed by atoms with Crippen LogP contribution in [0.25, 0.3) is 0 Å². The highest BCUT2D eigenvalue weighted by atomic mass is 16.6. The van der Waals surface area contributed by atoms with Crippen LogP contribution in [-0.2, 0) is 11.2 Å². The summed E-state index contributed by atoms with van der Waals surface area (Å²) in [5.41, 5.74) is 7.69. The molecular formula is C23H38N4O3. The first kappa shape index (κ1) is 22.8. The average Bonchev–Trinajstić information content (AvgIpc) is 3.07. The van der Waals surface area contributed by atoms with Crippen LogP contribution < -0.4 is 11.1 Å². The normalized spacial score (nSPS) is 24.8. The smallest absolute Gasteiger partial charge is 0.407 e. The van der Waals surface area contributed by atoms with Gasteiger partial charge in [-0.25, -0.2) is 4.79 Å². The molecule has 2 aliphatic rings. The van der Waals surface area contributed by atoms with Crippen LogP contribution in [0.2, 0.25) is 0 Å². The third-order valence-electron chi connectivity index (χ3n) is 6.03. The summed E-state index contributed by atoms with van der Waals surface area (Å²) in [7, 11) is 0. The van der Waals surface area contributed by atoms with Gasteiger partial charge in [0.2, 0.25) is 5.89 Å². The second-order valence-corrected chi connectivity index (χ2v) is 10.3. The molecule has 0 aromatic carbocycles. The molecule has 3 rings (SSSR count). The Bertz CT molecular complexity index is 752. The molecule has 1 aromatic rings. The Kier molecular flexibility index (Phi) is 7.22. The standard InChI is InChI=1S/C23H38N4O3/c1-16-12-17-8-7-10-23(13-16,14-17)15-19-26-20(30-27-19)18(24)9-5-6-11-25-21(28)29-22(2,3)4/h12,16,18H,5-11,13-15,24H2,1-4H3,(H,25,28)/t16?,18-,23?/m0/s1. The Morgan fingerprint density at radius 1 is 1.43 bits per heavy atom. The van der Waals surface area contributed by atoms with Crippen molar-refractivity contribution in [2.75, 3.05) is 6.54 Å². The number of aromatic nitrogens is 2. The molecule has 1 saturated carbocycles. The summed E-state index contributed by atoms with van der Waals surface area (Å²) >= 11 is 0. The number of alkyl carbamates (subject to hydrolysis) is 1. The molecule has 1 amide bonds. The van der Waals surface area contributed by atoms with Crippen LogP contribution in [-0.4, -0.2) is 28.4 Å². The molecule has 7 heteroatoms. The van der Waals surface area contributed by atoms with Gasteiger partial charge in [0.15, 0.2) is 5.82 Å². The number of hydrogen-bond acceptors (Lipinski definition) is 6. The fraction of sp³-hybridized carbons (Fsp3) is 0.783. The van der Waals surface area contributed by atoms with E-state index >= 15 is 0 Å². The third-order valence-corrected chi connectivity index (χ3v) is 6.03. The highest BCUT2D eigenvalue weighted by Crippen LogP contribution is 2.49. The molecule has 1 aromatic heterocycles. The van der Waals surface area contributed by atoms with E-state index < -0.39 is 5.60 Å². The summed E-state index contributed by atoms with van der Waals surface area (Å²) in [4.78, 5) is 16.3. The fourth-order valence-electron chi connectivity index (χ4n) is 4.98. The Labute approximate surface area is 180 Å². The van der Waals surface area contributed by atoms with Crippen molar-refractivity contribution in [2.24, 2.45) is 17.1 Å². The van der Waals surface area contributed by atoms with E-state index in [-0.39, 0.29) is 12.1 Å². The highest BCUT2D eigenvalue weighted by molar-refractivity contribution is 5.67. The van der Waals surface area contributed by atoms with E-state index in [0.29, 0.717) is 23.8 Å². The van der Waals surface area contributed by atoms with Crippen LogP contribution in [0.15, 0.2) is 16.2 Å². The van der Waals surface area contributed by atoms with Gasteiger partial charge in [-0.05, 0) is 83.5 Å². The summed E-state index contributed by atoms with van der Waals surface area (Å²) in [6, 6.07) is -0.266. The lowest BCUT2D eigenvalue weighted by molar-refractivity contribution is 0.0527. The Hall–Kier alpha value is -1.89. The molecule has 2 unspecified atom stereocenters. The van der Waals surface area contributed by atoms with Crippen LogP contribution in [0.3, 0.4) is 0 Å². The quantitative estimate of drug-likeness (QED) is 0.463. The van der Waals surface area contributed by atoms with Gasteiger partial charge in [-0.3, -0.25) is 0 Å². The molecular weight excluding hydrogens is 380 g/mol. The van der Waals surface area contributed by atoms with E-state index in [9.17, 15) is 4.79 Å².